The van der Waals surface area contributed by atoms with Gasteiger partial charge in [-0.3, -0.25) is 9.59 Å². The number of carbonyl (C=O) groups is 2. The summed E-state index contributed by atoms with van der Waals surface area (Å²) in [4.78, 5) is 31.6. The van der Waals surface area contributed by atoms with Crippen molar-refractivity contribution in [3.8, 4) is 11.5 Å². The molecule has 1 aromatic heterocycles. The van der Waals surface area contributed by atoms with Crippen LogP contribution in [-0.2, 0) is 29.1 Å². The Hall–Kier alpha value is -3.32. The zero-order chi connectivity index (χ0) is 24.8. The number of rotatable bonds is 10. The van der Waals surface area contributed by atoms with Gasteiger partial charge in [0.1, 0.15) is 6.54 Å². The zero-order valence-corrected chi connectivity index (χ0v) is 21.3. The summed E-state index contributed by atoms with van der Waals surface area (Å²) in [6.07, 6.45) is 1.06. The van der Waals surface area contributed by atoms with Crippen molar-refractivity contribution in [2.75, 3.05) is 13.3 Å². The van der Waals surface area contributed by atoms with Crippen LogP contribution in [0.2, 0.25) is 0 Å². The van der Waals surface area contributed by atoms with Crippen LogP contribution < -0.4 is 9.47 Å². The van der Waals surface area contributed by atoms with Gasteiger partial charge in [0.15, 0.2) is 11.5 Å². The highest BCUT2D eigenvalue weighted by Crippen LogP contribution is 2.33. The number of benzene rings is 2. The van der Waals surface area contributed by atoms with Crippen LogP contribution >= 0.6 is 11.3 Å². The van der Waals surface area contributed by atoms with Crippen molar-refractivity contribution in [3.63, 3.8) is 0 Å². The van der Waals surface area contributed by atoms with Crippen LogP contribution in [0.25, 0.3) is 0 Å². The van der Waals surface area contributed by atoms with E-state index < -0.39 is 0 Å². The lowest BCUT2D eigenvalue weighted by Gasteiger charge is -2.31. The molecule has 0 fully saturated rings. The summed E-state index contributed by atoms with van der Waals surface area (Å²) in [6, 6.07) is 17.5. The first kappa shape index (κ1) is 24.8. The van der Waals surface area contributed by atoms with Gasteiger partial charge in [-0.1, -0.05) is 43.3 Å². The van der Waals surface area contributed by atoms with E-state index in [1.807, 2.05) is 72.7 Å². The molecule has 0 bridgehead atoms. The average molecular weight is 493 g/mol. The minimum Gasteiger partial charge on any atom is -0.454 e. The molecular formula is C28H32N2O4S. The molecule has 2 heterocycles. The maximum absolute atomic E-state index is 13.7. The summed E-state index contributed by atoms with van der Waals surface area (Å²) in [5.41, 5.74) is 3.07. The number of hydrogen-bond donors (Lipinski definition) is 0. The minimum absolute atomic E-state index is 0.0331. The second kappa shape index (κ2) is 11.4. The molecule has 0 saturated carbocycles. The second-order valence-corrected chi connectivity index (χ2v) is 9.91. The van der Waals surface area contributed by atoms with Crippen LogP contribution in [0.4, 0.5) is 0 Å². The maximum atomic E-state index is 13.7. The van der Waals surface area contributed by atoms with Crippen molar-refractivity contribution in [1.29, 1.82) is 0 Å². The number of fused-ring (bicyclic) bond motifs is 1. The fourth-order valence-corrected chi connectivity index (χ4v) is 4.98. The van der Waals surface area contributed by atoms with E-state index >= 15 is 0 Å². The highest BCUT2D eigenvalue weighted by molar-refractivity contribution is 7.10. The zero-order valence-electron chi connectivity index (χ0n) is 20.5. The lowest BCUT2D eigenvalue weighted by atomic mass is 10.1. The molecule has 35 heavy (non-hydrogen) atoms. The van der Waals surface area contributed by atoms with Gasteiger partial charge in [0.2, 0.25) is 18.6 Å². The summed E-state index contributed by atoms with van der Waals surface area (Å²) < 4.78 is 11.0. The van der Waals surface area contributed by atoms with Crippen molar-refractivity contribution < 1.29 is 19.1 Å². The Kier molecular flexibility index (Phi) is 8.08. The molecule has 0 radical (unpaired) electrons. The van der Waals surface area contributed by atoms with E-state index in [1.165, 1.54) is 0 Å². The van der Waals surface area contributed by atoms with Crippen molar-refractivity contribution in [2.45, 2.75) is 52.7 Å². The molecule has 0 spiro atoms. The molecule has 6 nitrogen and oxygen atoms in total. The molecule has 1 aliphatic rings. The monoisotopic (exact) mass is 492 g/mol. The molecule has 0 N–H and O–H groups in total. The number of hydrogen-bond acceptors (Lipinski definition) is 5. The van der Waals surface area contributed by atoms with Crippen molar-refractivity contribution in [2.24, 2.45) is 0 Å². The van der Waals surface area contributed by atoms with Gasteiger partial charge in [0, 0.05) is 17.5 Å². The van der Waals surface area contributed by atoms with Crippen LogP contribution in [0.3, 0.4) is 0 Å². The topological polar surface area (TPSA) is 59.1 Å². The van der Waals surface area contributed by atoms with Crippen LogP contribution in [-0.4, -0.2) is 41.0 Å². The average Bonchev–Trinajstić information content (AvgIpc) is 3.50. The van der Waals surface area contributed by atoms with Gasteiger partial charge in [-0.05, 0) is 60.5 Å². The first-order valence-corrected chi connectivity index (χ1v) is 12.8. The quantitative estimate of drug-likeness (QED) is 0.391. The van der Waals surface area contributed by atoms with E-state index in [4.69, 9.17) is 9.47 Å². The SMILES string of the molecule is CC[C@H](C)N(CC(=O)N(Cc1ccc2c(c1)OCO2)Cc1sccc1C)C(=O)Cc1ccccc1. The van der Waals surface area contributed by atoms with E-state index in [9.17, 15) is 9.59 Å². The third-order valence-corrected chi connectivity index (χ3v) is 7.42. The van der Waals surface area contributed by atoms with Crippen molar-refractivity contribution in [1.82, 2.24) is 9.80 Å². The Morgan fingerprint density at radius 3 is 2.46 bits per heavy atom. The second-order valence-electron chi connectivity index (χ2n) is 8.91. The standard InChI is InChI=1S/C28H32N2O4S/c1-4-21(3)30(27(31)15-22-8-6-5-7-9-22)18-28(32)29(17-26-20(2)12-13-35-26)16-23-10-11-24-25(14-23)34-19-33-24/h5-14,21H,4,15-19H2,1-3H3/t21-/m0/s1. The molecule has 0 saturated heterocycles. The summed E-state index contributed by atoms with van der Waals surface area (Å²) in [5, 5.41) is 2.04. The highest BCUT2D eigenvalue weighted by atomic mass is 32.1. The summed E-state index contributed by atoms with van der Waals surface area (Å²) in [6.45, 7) is 7.29. The Labute approximate surface area is 211 Å². The molecule has 3 aromatic rings. The largest absolute Gasteiger partial charge is 0.454 e. The number of amides is 2. The summed E-state index contributed by atoms with van der Waals surface area (Å²) >= 11 is 1.64. The van der Waals surface area contributed by atoms with Crippen LogP contribution in [0.5, 0.6) is 11.5 Å². The van der Waals surface area contributed by atoms with Gasteiger partial charge >= 0.3 is 0 Å². The number of aryl methyl sites for hydroxylation is 1. The molecule has 4 rings (SSSR count). The van der Waals surface area contributed by atoms with E-state index in [0.717, 1.165) is 33.7 Å². The van der Waals surface area contributed by atoms with E-state index in [2.05, 4.69) is 13.0 Å². The Balaban J connectivity index is 1.54. The molecule has 1 aliphatic heterocycles. The molecule has 0 unspecified atom stereocenters. The molecule has 2 aromatic carbocycles. The molecule has 1 atom stereocenters. The molecule has 0 aliphatic carbocycles. The molecule has 2 amide bonds. The number of nitrogens with zero attached hydrogens (tertiary/aromatic N) is 2. The van der Waals surface area contributed by atoms with Gasteiger partial charge in [0.05, 0.1) is 13.0 Å². The van der Waals surface area contributed by atoms with Gasteiger partial charge < -0.3 is 19.3 Å². The van der Waals surface area contributed by atoms with Gasteiger partial charge in [-0.2, -0.15) is 0 Å². The maximum Gasteiger partial charge on any atom is 0.242 e. The normalized spacial score (nSPS) is 12.9. The third kappa shape index (κ3) is 6.22. The van der Waals surface area contributed by atoms with E-state index in [0.29, 0.717) is 18.8 Å². The summed E-state index contributed by atoms with van der Waals surface area (Å²) in [7, 11) is 0. The Morgan fingerprint density at radius 1 is 0.971 bits per heavy atom. The number of carbonyl (C=O) groups excluding carboxylic acids is 2. The fraction of sp³-hybridized carbons (Fsp3) is 0.357. The van der Waals surface area contributed by atoms with E-state index in [-0.39, 0.29) is 37.6 Å². The predicted octanol–water partition coefficient (Wildman–Crippen LogP) is 5.18. The first-order chi connectivity index (χ1) is 16.9. The van der Waals surface area contributed by atoms with E-state index in [1.54, 1.807) is 16.2 Å². The van der Waals surface area contributed by atoms with Gasteiger partial charge in [0.25, 0.3) is 0 Å². The van der Waals surface area contributed by atoms with Gasteiger partial charge in [-0.25, -0.2) is 0 Å². The smallest absolute Gasteiger partial charge is 0.242 e. The predicted molar refractivity (Wildman–Crippen MR) is 137 cm³/mol. The van der Waals surface area contributed by atoms with Crippen LogP contribution in [0.15, 0.2) is 60.0 Å². The van der Waals surface area contributed by atoms with Crippen molar-refractivity contribution >= 4 is 23.2 Å². The fourth-order valence-electron chi connectivity index (χ4n) is 4.06. The Bertz CT molecular complexity index is 1160. The summed E-state index contributed by atoms with van der Waals surface area (Å²) in [5.74, 6) is 1.31. The highest BCUT2D eigenvalue weighted by Gasteiger charge is 2.26. The van der Waals surface area contributed by atoms with Crippen LogP contribution in [0.1, 0.15) is 41.8 Å². The third-order valence-electron chi connectivity index (χ3n) is 6.41. The molecule has 7 heteroatoms. The number of thiophene rings is 1. The first-order valence-electron chi connectivity index (χ1n) is 12.0. The number of ether oxygens (including phenoxy) is 2. The Morgan fingerprint density at radius 2 is 1.74 bits per heavy atom. The molecule has 184 valence electrons. The minimum atomic E-state index is -0.0721. The van der Waals surface area contributed by atoms with Gasteiger partial charge in [-0.15, -0.1) is 11.3 Å². The molecular weight excluding hydrogens is 460 g/mol. The lowest BCUT2D eigenvalue weighted by molar-refractivity contribution is -0.142. The van der Waals surface area contributed by atoms with Crippen LogP contribution in [0, 0.1) is 6.92 Å². The van der Waals surface area contributed by atoms with Crippen molar-refractivity contribution in [3.05, 3.63) is 81.5 Å². The lowest BCUT2D eigenvalue weighted by Crippen LogP contribution is -2.46.